The molecule has 0 radical (unpaired) electrons. The van der Waals surface area contributed by atoms with E-state index >= 15 is 0 Å². The normalized spacial score (nSPS) is 21.1. The van der Waals surface area contributed by atoms with Gasteiger partial charge in [0.1, 0.15) is 13.6 Å². The highest BCUT2D eigenvalue weighted by molar-refractivity contribution is 7.88. The summed E-state index contributed by atoms with van der Waals surface area (Å²) in [5.41, 5.74) is 3.41. The van der Waals surface area contributed by atoms with E-state index in [1.807, 2.05) is 35.2 Å². The molecule has 13 nitrogen and oxygen atoms in total. The quantitative estimate of drug-likeness (QED) is 0.406. The van der Waals surface area contributed by atoms with Crippen LogP contribution in [0.4, 0.5) is 15.3 Å². The van der Waals surface area contributed by atoms with Gasteiger partial charge in [-0.15, -0.1) is 0 Å². The molecule has 0 unspecified atom stereocenters. The van der Waals surface area contributed by atoms with Gasteiger partial charge in [0.25, 0.3) is 5.91 Å². The molecule has 0 spiro atoms. The van der Waals surface area contributed by atoms with Crippen LogP contribution in [-0.2, 0) is 32.4 Å². The average molecular weight is 695 g/mol. The number of benzene rings is 2. The van der Waals surface area contributed by atoms with Gasteiger partial charge in [0.2, 0.25) is 10.0 Å². The fourth-order valence-electron chi connectivity index (χ4n) is 7.59. The number of para-hydroxylation sites is 1. The fourth-order valence-corrected chi connectivity index (χ4v) is 8.41. The first-order valence-electron chi connectivity index (χ1n) is 17.3. The molecule has 2 aromatic carbocycles. The highest BCUT2D eigenvalue weighted by atomic mass is 32.2. The van der Waals surface area contributed by atoms with Crippen molar-refractivity contribution in [2.45, 2.75) is 56.7 Å². The first kappa shape index (κ1) is 35.0. The number of rotatable bonds is 7. The first-order valence-corrected chi connectivity index (χ1v) is 19.2. The van der Waals surface area contributed by atoms with Gasteiger partial charge < -0.3 is 29.9 Å². The monoisotopic (exact) mass is 694 g/mol. The lowest BCUT2D eigenvalue weighted by Gasteiger charge is -2.42. The van der Waals surface area contributed by atoms with Gasteiger partial charge in [-0.05, 0) is 60.8 Å². The zero-order chi connectivity index (χ0) is 34.7. The van der Waals surface area contributed by atoms with Crippen LogP contribution in [0.3, 0.4) is 0 Å². The number of likely N-dealkylation sites (tertiary alicyclic amines) is 2. The highest BCUT2D eigenvalue weighted by Gasteiger charge is 2.37. The third-order valence-corrected chi connectivity index (χ3v) is 11.8. The number of fused-ring (bicyclic) bond motifs is 1. The van der Waals surface area contributed by atoms with Gasteiger partial charge >= 0.3 is 12.1 Å². The third-order valence-electron chi connectivity index (χ3n) is 10.5. The van der Waals surface area contributed by atoms with Crippen molar-refractivity contribution >= 4 is 47.1 Å². The molecule has 0 aliphatic carbocycles. The molecule has 2 N–H and O–H groups in total. The number of aromatic hydroxyl groups is 1. The second kappa shape index (κ2) is 15.0. The Balaban J connectivity index is 1.06. The van der Waals surface area contributed by atoms with Crippen molar-refractivity contribution in [3.05, 3.63) is 53.6 Å². The van der Waals surface area contributed by atoms with Crippen molar-refractivity contribution in [1.29, 1.82) is 0 Å². The average Bonchev–Trinajstić information content (AvgIpc) is 3.27. The van der Waals surface area contributed by atoms with Crippen LogP contribution < -0.4 is 10.8 Å². The van der Waals surface area contributed by atoms with E-state index in [2.05, 4.69) is 10.2 Å². The summed E-state index contributed by atoms with van der Waals surface area (Å²) in [5, 5.41) is 13.1. The zero-order valence-corrected chi connectivity index (χ0v) is 29.2. The molecule has 264 valence electrons. The number of piperidine rings is 2. The summed E-state index contributed by atoms with van der Waals surface area (Å²) in [6, 6.07) is 13.1. The van der Waals surface area contributed by atoms with E-state index in [0.29, 0.717) is 77.2 Å². The van der Waals surface area contributed by atoms with Crippen LogP contribution in [0.1, 0.15) is 36.8 Å². The van der Waals surface area contributed by atoms with Crippen LogP contribution in [0.5, 0.6) is 5.75 Å². The van der Waals surface area contributed by atoms with Gasteiger partial charge in [-0.1, -0.05) is 30.3 Å². The number of amides is 4. The van der Waals surface area contributed by atoms with Gasteiger partial charge in [0, 0.05) is 83.1 Å². The predicted octanol–water partition coefficient (Wildman–Crippen LogP) is 0.821. The Kier molecular flexibility index (Phi) is 10.7. The predicted molar refractivity (Wildman–Crippen MR) is 188 cm³/mol. The largest absolute Gasteiger partial charge is 0.509 e. The minimum Gasteiger partial charge on any atom is -0.509 e. The molecule has 3 fully saturated rings. The van der Waals surface area contributed by atoms with Crippen molar-refractivity contribution in [2.75, 3.05) is 70.5 Å². The summed E-state index contributed by atoms with van der Waals surface area (Å²) in [4.78, 5) is 48.2. The molecule has 6 rings (SSSR count). The maximum atomic E-state index is 14.0. The molecular formula is C34H47BN6O7S. The number of hydrogen-bond acceptors (Lipinski definition) is 8. The second-order valence-electron chi connectivity index (χ2n) is 13.7. The summed E-state index contributed by atoms with van der Waals surface area (Å²) in [6.07, 6.45) is 3.35. The molecule has 4 aliphatic rings. The molecule has 4 amide bonds. The number of nitrogens with one attached hydrogen (secondary N) is 1. The smallest absolute Gasteiger partial charge is 0.410 e. The van der Waals surface area contributed by atoms with Crippen molar-refractivity contribution in [3.63, 3.8) is 0 Å². The lowest BCUT2D eigenvalue weighted by Crippen LogP contribution is -2.55. The van der Waals surface area contributed by atoms with E-state index < -0.39 is 22.2 Å². The van der Waals surface area contributed by atoms with E-state index in [1.54, 1.807) is 29.8 Å². The van der Waals surface area contributed by atoms with Crippen LogP contribution in [-0.4, -0.2) is 147 Å². The fraction of sp³-hybridized carbons (Fsp3) is 0.559. The number of carbonyl (C=O) groups excluding carboxylic acids is 3. The molecule has 2 aromatic rings. The Bertz CT molecular complexity index is 1640. The summed E-state index contributed by atoms with van der Waals surface area (Å²) < 4.78 is 31.4. The number of nitrogens with zero attached hydrogens (tertiary/aromatic N) is 5. The summed E-state index contributed by atoms with van der Waals surface area (Å²) >= 11 is 0. The van der Waals surface area contributed by atoms with Gasteiger partial charge in [0.05, 0.1) is 6.26 Å². The zero-order valence-electron chi connectivity index (χ0n) is 28.4. The standard InChI is InChI=1S/C34H47BN6O7S/c1-49(46,47)40-20-18-37(19-21-40)26-9-13-38(14-10-26)32(43)31(23-24-6-7-30(42)28(35)22-24)48-34(45)39-15-11-27(12-16-39)41-17-8-25-4-2-3-5-29(25)36-33(41)44/h2-7,22,26-27,31,42H,8-21,23,35H2,1H3,(H,36,44)/t31-/m1/s1. The SMILES string of the molecule is Bc1cc(C[C@@H](OC(=O)N2CCC(N3CCc4ccccc4NC3=O)CC2)C(=O)N2CCC(N3CCN(S(C)(=O)=O)CC3)CC2)ccc1O. The van der Waals surface area contributed by atoms with Crippen LogP contribution >= 0.6 is 0 Å². The van der Waals surface area contributed by atoms with Crippen molar-refractivity contribution in [2.24, 2.45) is 0 Å². The Morgan fingerprint density at radius 3 is 2.24 bits per heavy atom. The van der Waals surface area contributed by atoms with E-state index in [-0.39, 0.29) is 36.2 Å². The molecule has 15 heteroatoms. The number of ether oxygens (including phenoxy) is 1. The maximum absolute atomic E-state index is 14.0. The van der Waals surface area contributed by atoms with E-state index in [1.165, 1.54) is 10.6 Å². The number of piperazine rings is 1. The number of phenolic OH excluding ortho intramolecular Hbond substituents is 1. The van der Waals surface area contributed by atoms with Crippen LogP contribution in [0.2, 0.25) is 0 Å². The highest BCUT2D eigenvalue weighted by Crippen LogP contribution is 2.26. The minimum absolute atomic E-state index is 0.00795. The molecule has 0 bridgehead atoms. The van der Waals surface area contributed by atoms with Gasteiger partial charge in [-0.25, -0.2) is 18.0 Å². The Morgan fingerprint density at radius 1 is 0.918 bits per heavy atom. The van der Waals surface area contributed by atoms with E-state index in [9.17, 15) is 27.9 Å². The molecule has 4 heterocycles. The number of urea groups is 1. The molecule has 49 heavy (non-hydrogen) atoms. The Labute approximate surface area is 289 Å². The lowest BCUT2D eigenvalue weighted by molar-refractivity contribution is -0.142. The van der Waals surface area contributed by atoms with Crippen LogP contribution in [0, 0.1) is 0 Å². The molecule has 0 aromatic heterocycles. The summed E-state index contributed by atoms with van der Waals surface area (Å²) in [6.45, 7) is 4.75. The number of carbonyl (C=O) groups is 3. The Morgan fingerprint density at radius 2 is 1.57 bits per heavy atom. The molecule has 3 saturated heterocycles. The van der Waals surface area contributed by atoms with Crippen molar-refractivity contribution in [1.82, 2.24) is 23.9 Å². The molecule has 1 atom stereocenters. The maximum Gasteiger partial charge on any atom is 0.410 e. The van der Waals surface area contributed by atoms with Gasteiger partial charge in [-0.2, -0.15) is 4.31 Å². The minimum atomic E-state index is -3.20. The van der Waals surface area contributed by atoms with Gasteiger partial charge in [-0.3, -0.25) is 9.69 Å². The second-order valence-corrected chi connectivity index (χ2v) is 15.7. The number of hydrogen-bond donors (Lipinski definition) is 2. The number of phenols is 1. The molecule has 4 aliphatic heterocycles. The molecule has 0 saturated carbocycles. The Hall–Kier alpha value is -3.82. The van der Waals surface area contributed by atoms with E-state index in [0.717, 1.165) is 36.1 Å². The third kappa shape index (κ3) is 8.33. The number of sulfonamides is 1. The summed E-state index contributed by atoms with van der Waals surface area (Å²) in [7, 11) is -1.42. The molecular weight excluding hydrogens is 647 g/mol. The van der Waals surface area contributed by atoms with E-state index in [4.69, 9.17) is 4.74 Å². The first-order chi connectivity index (χ1) is 23.5. The summed E-state index contributed by atoms with van der Waals surface area (Å²) in [5.74, 6) is -0.0805. The van der Waals surface area contributed by atoms with Gasteiger partial charge in [0.15, 0.2) is 6.10 Å². The van der Waals surface area contributed by atoms with Crippen LogP contribution in [0.25, 0.3) is 0 Å². The van der Waals surface area contributed by atoms with Crippen molar-refractivity contribution in [3.8, 4) is 5.75 Å². The topological polar surface area (TPSA) is 143 Å². The lowest BCUT2D eigenvalue weighted by atomic mass is 9.91. The van der Waals surface area contributed by atoms with Crippen molar-refractivity contribution < 1.29 is 32.6 Å². The van der Waals surface area contributed by atoms with Crippen LogP contribution in [0.15, 0.2) is 42.5 Å². The number of anilines is 1.